The molecule has 0 atom stereocenters. The molecule has 19 heavy (non-hydrogen) atoms. The van der Waals surface area contributed by atoms with Crippen LogP contribution in [-0.2, 0) is 6.18 Å². The minimum Gasteiger partial charge on any atom is -0.364 e. The predicted octanol–water partition coefficient (Wildman–Crippen LogP) is 2.26. The van der Waals surface area contributed by atoms with Crippen molar-refractivity contribution in [2.75, 3.05) is 0 Å². The standard InChI is InChI=1S/C12H8F3N3O/c13-12(14,15)9-6-7(3-5-17-9)8-2-1-4-18-10(8)11(16)19/h1-6H,(H2,16,19). The lowest BCUT2D eigenvalue weighted by molar-refractivity contribution is -0.141. The molecule has 98 valence electrons. The highest BCUT2D eigenvalue weighted by molar-refractivity contribution is 5.97. The van der Waals surface area contributed by atoms with Gasteiger partial charge in [-0.3, -0.25) is 14.8 Å². The lowest BCUT2D eigenvalue weighted by atomic mass is 10.0. The van der Waals surface area contributed by atoms with E-state index in [0.717, 1.165) is 12.3 Å². The normalized spacial score (nSPS) is 11.3. The van der Waals surface area contributed by atoms with Gasteiger partial charge in [-0.25, -0.2) is 0 Å². The van der Waals surface area contributed by atoms with Crippen molar-refractivity contribution in [1.29, 1.82) is 0 Å². The minimum atomic E-state index is -4.55. The Hall–Kier alpha value is -2.44. The zero-order chi connectivity index (χ0) is 14.0. The van der Waals surface area contributed by atoms with Crippen LogP contribution in [0.15, 0.2) is 36.7 Å². The smallest absolute Gasteiger partial charge is 0.364 e. The fourth-order valence-electron chi connectivity index (χ4n) is 1.59. The van der Waals surface area contributed by atoms with Crippen LogP contribution >= 0.6 is 0 Å². The Kier molecular flexibility index (Phi) is 3.20. The minimum absolute atomic E-state index is 0.0816. The zero-order valence-corrected chi connectivity index (χ0v) is 9.48. The summed E-state index contributed by atoms with van der Waals surface area (Å²) < 4.78 is 37.7. The highest BCUT2D eigenvalue weighted by atomic mass is 19.4. The second-order valence-electron chi connectivity index (χ2n) is 3.69. The quantitative estimate of drug-likeness (QED) is 0.907. The number of pyridine rings is 2. The molecular weight excluding hydrogens is 259 g/mol. The van der Waals surface area contributed by atoms with Crippen LogP contribution in [0.5, 0.6) is 0 Å². The van der Waals surface area contributed by atoms with Crippen molar-refractivity contribution in [2.45, 2.75) is 6.18 Å². The zero-order valence-electron chi connectivity index (χ0n) is 9.48. The van der Waals surface area contributed by atoms with Gasteiger partial charge in [0.25, 0.3) is 5.91 Å². The van der Waals surface area contributed by atoms with Crippen LogP contribution in [-0.4, -0.2) is 15.9 Å². The van der Waals surface area contributed by atoms with E-state index in [2.05, 4.69) is 9.97 Å². The molecule has 1 amide bonds. The molecule has 0 aliphatic carbocycles. The van der Waals surface area contributed by atoms with Gasteiger partial charge in [-0.1, -0.05) is 6.07 Å². The molecule has 4 nitrogen and oxygen atoms in total. The molecular formula is C12H8F3N3O. The first-order chi connectivity index (χ1) is 8.89. The van der Waals surface area contributed by atoms with Gasteiger partial charge < -0.3 is 5.73 Å². The maximum atomic E-state index is 12.6. The third kappa shape index (κ3) is 2.70. The van der Waals surface area contributed by atoms with Crippen LogP contribution in [0, 0.1) is 0 Å². The summed E-state index contributed by atoms with van der Waals surface area (Å²) in [6.45, 7) is 0. The maximum absolute atomic E-state index is 12.6. The number of carbonyl (C=O) groups excluding carboxylic acids is 1. The van der Waals surface area contributed by atoms with Crippen LogP contribution in [0.3, 0.4) is 0 Å². The molecule has 0 saturated heterocycles. The van der Waals surface area contributed by atoms with Crippen molar-refractivity contribution >= 4 is 5.91 Å². The summed E-state index contributed by atoms with van der Waals surface area (Å²) in [4.78, 5) is 18.2. The monoisotopic (exact) mass is 267 g/mol. The van der Waals surface area contributed by atoms with Gasteiger partial charge in [-0.2, -0.15) is 13.2 Å². The third-order valence-electron chi connectivity index (χ3n) is 2.40. The largest absolute Gasteiger partial charge is 0.433 e. The Bertz CT molecular complexity index is 626. The summed E-state index contributed by atoms with van der Waals surface area (Å²) >= 11 is 0. The lowest BCUT2D eigenvalue weighted by Gasteiger charge is -2.09. The Morgan fingerprint density at radius 2 is 1.89 bits per heavy atom. The number of halogens is 3. The Balaban J connectivity index is 2.57. The molecule has 0 bridgehead atoms. The van der Waals surface area contributed by atoms with Gasteiger partial charge in [0, 0.05) is 18.0 Å². The highest BCUT2D eigenvalue weighted by Crippen LogP contribution is 2.31. The number of primary amides is 1. The van der Waals surface area contributed by atoms with Gasteiger partial charge in [0.15, 0.2) is 0 Å². The summed E-state index contributed by atoms with van der Waals surface area (Å²) in [5.74, 6) is -0.805. The van der Waals surface area contributed by atoms with E-state index >= 15 is 0 Å². The number of rotatable bonds is 2. The van der Waals surface area contributed by atoms with Gasteiger partial charge in [0.1, 0.15) is 11.4 Å². The van der Waals surface area contributed by atoms with Gasteiger partial charge in [-0.05, 0) is 23.8 Å². The molecule has 0 aliphatic heterocycles. The van der Waals surface area contributed by atoms with Gasteiger partial charge in [-0.15, -0.1) is 0 Å². The van der Waals surface area contributed by atoms with Crippen molar-refractivity contribution in [3.8, 4) is 11.1 Å². The maximum Gasteiger partial charge on any atom is 0.433 e. The van der Waals surface area contributed by atoms with Crippen molar-refractivity contribution in [3.63, 3.8) is 0 Å². The van der Waals surface area contributed by atoms with Crippen LogP contribution in [0.1, 0.15) is 16.2 Å². The van der Waals surface area contributed by atoms with Crippen LogP contribution < -0.4 is 5.73 Å². The number of carbonyl (C=O) groups is 1. The fraction of sp³-hybridized carbons (Fsp3) is 0.0833. The van der Waals surface area contributed by atoms with E-state index in [9.17, 15) is 18.0 Å². The Morgan fingerprint density at radius 3 is 2.53 bits per heavy atom. The number of hydrogen-bond donors (Lipinski definition) is 1. The summed E-state index contributed by atoms with van der Waals surface area (Å²) in [5.41, 5.74) is 4.44. The van der Waals surface area contributed by atoms with E-state index in [0.29, 0.717) is 0 Å². The lowest BCUT2D eigenvalue weighted by Crippen LogP contribution is -2.14. The Morgan fingerprint density at radius 1 is 1.16 bits per heavy atom. The molecule has 2 heterocycles. The molecule has 2 rings (SSSR count). The molecule has 0 spiro atoms. The summed E-state index contributed by atoms with van der Waals surface area (Å²) in [5, 5.41) is 0. The topological polar surface area (TPSA) is 68.9 Å². The molecule has 2 aromatic rings. The molecule has 0 radical (unpaired) electrons. The van der Waals surface area contributed by atoms with Crippen molar-refractivity contribution in [1.82, 2.24) is 9.97 Å². The number of amides is 1. The molecule has 2 aromatic heterocycles. The van der Waals surface area contributed by atoms with E-state index in [1.807, 2.05) is 0 Å². The molecule has 0 fully saturated rings. The second kappa shape index (κ2) is 4.68. The van der Waals surface area contributed by atoms with Crippen LogP contribution in [0.25, 0.3) is 11.1 Å². The van der Waals surface area contributed by atoms with Gasteiger partial charge in [0.2, 0.25) is 0 Å². The van der Waals surface area contributed by atoms with Gasteiger partial charge in [0.05, 0.1) is 0 Å². The van der Waals surface area contributed by atoms with Crippen LogP contribution in [0.4, 0.5) is 13.2 Å². The first-order valence-corrected chi connectivity index (χ1v) is 5.18. The van der Waals surface area contributed by atoms with Crippen LogP contribution in [0.2, 0.25) is 0 Å². The first-order valence-electron chi connectivity index (χ1n) is 5.18. The fourth-order valence-corrected chi connectivity index (χ4v) is 1.59. The average Bonchev–Trinajstić information content (AvgIpc) is 2.38. The number of hydrogen-bond acceptors (Lipinski definition) is 3. The average molecular weight is 267 g/mol. The van der Waals surface area contributed by atoms with Crippen molar-refractivity contribution < 1.29 is 18.0 Å². The highest BCUT2D eigenvalue weighted by Gasteiger charge is 2.32. The van der Waals surface area contributed by atoms with Gasteiger partial charge >= 0.3 is 6.18 Å². The summed E-state index contributed by atoms with van der Waals surface area (Å²) in [7, 11) is 0. The third-order valence-corrected chi connectivity index (χ3v) is 2.40. The molecule has 7 heteroatoms. The molecule has 0 aliphatic rings. The second-order valence-corrected chi connectivity index (χ2v) is 3.69. The van der Waals surface area contributed by atoms with E-state index in [1.54, 1.807) is 0 Å². The number of alkyl halides is 3. The molecule has 0 unspecified atom stereocenters. The Labute approximate surface area is 106 Å². The number of aromatic nitrogens is 2. The van der Waals surface area contributed by atoms with E-state index in [-0.39, 0.29) is 16.8 Å². The first kappa shape index (κ1) is 13.0. The van der Waals surface area contributed by atoms with E-state index in [1.165, 1.54) is 24.4 Å². The summed E-state index contributed by atoms with van der Waals surface area (Å²) in [6.07, 6.45) is -2.18. The number of nitrogens with two attached hydrogens (primary N) is 1. The predicted molar refractivity (Wildman–Crippen MR) is 61.0 cm³/mol. The van der Waals surface area contributed by atoms with E-state index < -0.39 is 17.8 Å². The molecule has 2 N–H and O–H groups in total. The molecule has 0 saturated carbocycles. The SMILES string of the molecule is NC(=O)c1ncccc1-c1ccnc(C(F)(F)F)c1. The molecule has 0 aromatic carbocycles. The van der Waals surface area contributed by atoms with Crippen molar-refractivity contribution in [3.05, 3.63) is 48.0 Å². The van der Waals surface area contributed by atoms with E-state index in [4.69, 9.17) is 5.73 Å². The summed E-state index contributed by atoms with van der Waals surface area (Å²) in [6, 6.07) is 5.19. The van der Waals surface area contributed by atoms with Crippen molar-refractivity contribution in [2.24, 2.45) is 5.73 Å². The number of nitrogens with zero attached hydrogens (tertiary/aromatic N) is 2.